The lowest BCUT2D eigenvalue weighted by atomic mass is 9.90. The topological polar surface area (TPSA) is 76.2 Å². The zero-order chi connectivity index (χ0) is 18.0. The van der Waals surface area contributed by atoms with Crippen LogP contribution < -0.4 is 11.1 Å². The molecule has 0 saturated carbocycles. The maximum atomic E-state index is 12.5. The van der Waals surface area contributed by atoms with Crippen molar-refractivity contribution in [2.45, 2.75) is 27.2 Å². The van der Waals surface area contributed by atoms with Gasteiger partial charge in [0, 0.05) is 6.54 Å². The van der Waals surface area contributed by atoms with Gasteiger partial charge >= 0.3 is 0 Å². The van der Waals surface area contributed by atoms with Gasteiger partial charge in [-0.15, -0.1) is 12.4 Å². The van der Waals surface area contributed by atoms with Crippen LogP contribution >= 0.6 is 12.4 Å². The van der Waals surface area contributed by atoms with Crippen molar-refractivity contribution in [1.29, 1.82) is 0 Å². The number of aryl methyl sites for hydroxylation is 1. The van der Waals surface area contributed by atoms with Gasteiger partial charge in [-0.3, -0.25) is 9.69 Å². The van der Waals surface area contributed by atoms with E-state index in [9.17, 15) is 4.79 Å². The molecule has 1 aromatic carbocycles. The number of hydrogen-bond acceptors (Lipinski definition) is 4. The van der Waals surface area contributed by atoms with Gasteiger partial charge in [0.05, 0.1) is 29.3 Å². The van der Waals surface area contributed by atoms with Crippen molar-refractivity contribution in [3.05, 3.63) is 41.7 Å². The zero-order valence-electron chi connectivity index (χ0n) is 15.7. The predicted octanol–water partition coefficient (Wildman–Crippen LogP) is 2.52. The van der Waals surface area contributed by atoms with Gasteiger partial charge in [-0.05, 0) is 50.9 Å². The quantitative estimate of drug-likeness (QED) is 0.839. The Kier molecular flexibility index (Phi) is 6.44. The van der Waals surface area contributed by atoms with Gasteiger partial charge < -0.3 is 11.1 Å². The van der Waals surface area contributed by atoms with Crippen molar-refractivity contribution in [2.24, 2.45) is 11.1 Å². The third-order valence-corrected chi connectivity index (χ3v) is 5.05. The summed E-state index contributed by atoms with van der Waals surface area (Å²) in [5.74, 6) is 0.0000770. The molecule has 1 atom stereocenters. The van der Waals surface area contributed by atoms with Crippen LogP contribution in [0.2, 0.25) is 0 Å². The van der Waals surface area contributed by atoms with Crippen molar-refractivity contribution in [1.82, 2.24) is 14.7 Å². The third-order valence-electron chi connectivity index (χ3n) is 5.05. The van der Waals surface area contributed by atoms with Gasteiger partial charge in [0.2, 0.25) is 5.91 Å². The number of amides is 1. The number of hydrogen-bond donors (Lipinski definition) is 2. The molecule has 2 heterocycles. The van der Waals surface area contributed by atoms with Crippen LogP contribution in [0.1, 0.15) is 24.7 Å². The molecule has 0 aliphatic carbocycles. The zero-order valence-corrected chi connectivity index (χ0v) is 16.5. The Morgan fingerprint density at radius 3 is 2.62 bits per heavy atom. The molecule has 1 fully saturated rings. The van der Waals surface area contributed by atoms with E-state index in [-0.39, 0.29) is 23.7 Å². The number of nitrogens with two attached hydrogens (primary N) is 1. The minimum atomic E-state index is 0. The van der Waals surface area contributed by atoms with E-state index in [0.29, 0.717) is 13.1 Å². The molecule has 1 unspecified atom stereocenters. The van der Waals surface area contributed by atoms with Crippen LogP contribution in [0.25, 0.3) is 5.69 Å². The number of carbonyl (C=O) groups excluding carboxylic acids is 1. The fraction of sp³-hybridized carbons (Fsp3) is 0.474. The average Bonchev–Trinajstić information content (AvgIpc) is 3.11. The Hall–Kier alpha value is -1.89. The summed E-state index contributed by atoms with van der Waals surface area (Å²) in [5.41, 5.74) is 9.52. The number of carbonyl (C=O) groups is 1. The Balaban J connectivity index is 0.00000243. The Labute approximate surface area is 161 Å². The normalized spacial score (nSPS) is 20.0. The van der Waals surface area contributed by atoms with Crippen molar-refractivity contribution in [3.8, 4) is 5.69 Å². The highest BCUT2D eigenvalue weighted by molar-refractivity contribution is 5.93. The molecule has 1 saturated heterocycles. The summed E-state index contributed by atoms with van der Waals surface area (Å²) in [6.45, 7) is 8.93. The van der Waals surface area contributed by atoms with Crippen molar-refractivity contribution in [2.75, 3.05) is 31.5 Å². The second-order valence-electron chi connectivity index (χ2n) is 7.32. The van der Waals surface area contributed by atoms with Gasteiger partial charge in [-0.1, -0.05) is 25.1 Å². The van der Waals surface area contributed by atoms with Crippen LogP contribution in [0.4, 0.5) is 5.69 Å². The summed E-state index contributed by atoms with van der Waals surface area (Å²) in [7, 11) is 0. The highest BCUT2D eigenvalue weighted by Crippen LogP contribution is 2.28. The number of likely N-dealkylation sites (tertiary alicyclic amines) is 1. The van der Waals surface area contributed by atoms with E-state index in [1.807, 2.05) is 48.9 Å². The van der Waals surface area contributed by atoms with Gasteiger partial charge in [-0.2, -0.15) is 5.10 Å². The van der Waals surface area contributed by atoms with Gasteiger partial charge in [-0.25, -0.2) is 4.68 Å². The van der Waals surface area contributed by atoms with Gasteiger partial charge in [0.1, 0.15) is 0 Å². The fourth-order valence-electron chi connectivity index (χ4n) is 3.45. The number of aromatic nitrogens is 2. The first-order chi connectivity index (χ1) is 11.9. The molecular weight excluding hydrogens is 350 g/mol. The van der Waals surface area contributed by atoms with Crippen molar-refractivity contribution in [3.63, 3.8) is 0 Å². The second-order valence-corrected chi connectivity index (χ2v) is 7.32. The van der Waals surface area contributed by atoms with Crippen LogP contribution in [-0.2, 0) is 4.79 Å². The molecule has 26 heavy (non-hydrogen) atoms. The highest BCUT2D eigenvalue weighted by atomic mass is 35.5. The fourth-order valence-corrected chi connectivity index (χ4v) is 3.45. The molecule has 1 aromatic heterocycles. The van der Waals surface area contributed by atoms with Crippen LogP contribution in [0, 0.1) is 19.3 Å². The summed E-state index contributed by atoms with van der Waals surface area (Å²) in [5, 5.41) is 7.62. The van der Waals surface area contributed by atoms with E-state index in [2.05, 4.69) is 22.2 Å². The Bertz CT molecular complexity index is 761. The number of halogens is 1. The lowest BCUT2D eigenvalue weighted by Crippen LogP contribution is -2.35. The third kappa shape index (κ3) is 4.26. The Morgan fingerprint density at radius 1 is 1.31 bits per heavy atom. The van der Waals surface area contributed by atoms with E-state index in [4.69, 9.17) is 5.73 Å². The van der Waals surface area contributed by atoms with Gasteiger partial charge in [0.15, 0.2) is 0 Å². The number of nitrogens with zero attached hydrogens (tertiary/aromatic N) is 3. The summed E-state index contributed by atoms with van der Waals surface area (Å²) in [6, 6.07) is 9.94. The van der Waals surface area contributed by atoms with E-state index in [1.165, 1.54) is 0 Å². The summed E-state index contributed by atoms with van der Waals surface area (Å²) >= 11 is 0. The molecule has 3 N–H and O–H groups in total. The minimum absolute atomic E-state index is 0. The summed E-state index contributed by atoms with van der Waals surface area (Å²) < 4.78 is 1.87. The van der Waals surface area contributed by atoms with Crippen LogP contribution in [-0.4, -0.2) is 46.8 Å². The molecule has 3 rings (SSSR count). The molecule has 7 heteroatoms. The van der Waals surface area contributed by atoms with E-state index in [1.54, 1.807) is 0 Å². The molecule has 0 radical (unpaired) electrons. The number of nitrogens with one attached hydrogen (secondary N) is 1. The van der Waals surface area contributed by atoms with Crippen molar-refractivity contribution >= 4 is 24.0 Å². The average molecular weight is 378 g/mol. The van der Waals surface area contributed by atoms with E-state index < -0.39 is 0 Å². The first kappa shape index (κ1) is 20.4. The molecule has 0 spiro atoms. The molecule has 1 aliphatic heterocycles. The predicted molar refractivity (Wildman–Crippen MR) is 107 cm³/mol. The summed E-state index contributed by atoms with van der Waals surface area (Å²) in [6.07, 6.45) is 1.04. The number of para-hydroxylation sites is 1. The SMILES string of the molecule is Cc1nn(-c2ccccc2)c(C)c1NC(=O)CN1CCC(C)(CN)C1.Cl. The molecule has 1 aliphatic rings. The monoisotopic (exact) mass is 377 g/mol. The second kappa shape index (κ2) is 8.20. The summed E-state index contributed by atoms with van der Waals surface area (Å²) in [4.78, 5) is 14.7. The van der Waals surface area contributed by atoms with Crippen LogP contribution in [0.15, 0.2) is 30.3 Å². The molecule has 1 amide bonds. The number of rotatable bonds is 5. The van der Waals surface area contributed by atoms with Gasteiger partial charge in [0.25, 0.3) is 0 Å². The van der Waals surface area contributed by atoms with E-state index >= 15 is 0 Å². The minimum Gasteiger partial charge on any atom is -0.330 e. The number of anilines is 1. The maximum Gasteiger partial charge on any atom is 0.238 e. The van der Waals surface area contributed by atoms with Crippen molar-refractivity contribution < 1.29 is 4.79 Å². The highest BCUT2D eigenvalue weighted by Gasteiger charge is 2.33. The van der Waals surface area contributed by atoms with Crippen LogP contribution in [0.3, 0.4) is 0 Å². The standard InChI is InChI=1S/C19H27N5O.ClH/c1-14-18(15(2)24(22-14)16-7-5-4-6-8-16)21-17(25)11-23-10-9-19(3,12-20)13-23;/h4-8H,9-13,20H2,1-3H3,(H,21,25);1H. The molecule has 6 nitrogen and oxygen atoms in total. The number of benzene rings is 1. The largest absolute Gasteiger partial charge is 0.330 e. The van der Waals surface area contributed by atoms with Crippen LogP contribution in [0.5, 0.6) is 0 Å². The van der Waals surface area contributed by atoms with E-state index in [0.717, 1.165) is 42.3 Å². The molecule has 2 aromatic rings. The first-order valence-electron chi connectivity index (χ1n) is 8.76. The lowest BCUT2D eigenvalue weighted by molar-refractivity contribution is -0.117. The smallest absolute Gasteiger partial charge is 0.238 e. The Morgan fingerprint density at radius 2 is 2.00 bits per heavy atom. The maximum absolute atomic E-state index is 12.5. The first-order valence-corrected chi connectivity index (χ1v) is 8.76. The molecule has 0 bridgehead atoms. The molecular formula is C19H28ClN5O. The molecule has 142 valence electrons. The lowest BCUT2D eigenvalue weighted by Gasteiger charge is -2.22.